The van der Waals surface area contributed by atoms with Crippen molar-refractivity contribution in [3.05, 3.63) is 23.8 Å². The van der Waals surface area contributed by atoms with Crippen molar-refractivity contribution in [2.45, 2.75) is 13.0 Å². The number of nitrogens with zero attached hydrogens (tertiary/aromatic N) is 1. The number of hydrogen-bond acceptors (Lipinski definition) is 5. The van der Waals surface area contributed by atoms with E-state index in [1.165, 1.54) is 32.1 Å². The van der Waals surface area contributed by atoms with Crippen LogP contribution in [0.3, 0.4) is 0 Å². The Kier molecular flexibility index (Phi) is 5.37. The summed E-state index contributed by atoms with van der Waals surface area (Å²) in [7, 11) is 6.16. The molecule has 20 heavy (non-hydrogen) atoms. The number of benzene rings is 1. The van der Waals surface area contributed by atoms with Crippen molar-refractivity contribution >= 4 is 11.9 Å². The Bertz CT molecular complexity index is 498. The van der Waals surface area contributed by atoms with Gasteiger partial charge in [0, 0.05) is 20.2 Å². The highest BCUT2D eigenvalue weighted by Crippen LogP contribution is 2.25. The highest BCUT2D eigenvalue weighted by molar-refractivity contribution is 5.94. The van der Waals surface area contributed by atoms with E-state index in [9.17, 15) is 9.59 Å². The summed E-state index contributed by atoms with van der Waals surface area (Å²) in [5.41, 5.74) is 0.242. The standard InChI is InChI=1S/C14H19NO5/c1-9(13(16)15(2)3)20-14(17)11-7-6-10(18-4)8-12(11)19-5/h6-9H,1-5H3/t9-/m0/s1. The summed E-state index contributed by atoms with van der Waals surface area (Å²) >= 11 is 0. The van der Waals surface area contributed by atoms with Crippen molar-refractivity contribution < 1.29 is 23.8 Å². The Hall–Kier alpha value is -2.24. The SMILES string of the molecule is COc1ccc(C(=O)O[C@@H](C)C(=O)N(C)C)c(OC)c1. The van der Waals surface area contributed by atoms with Gasteiger partial charge in [0.1, 0.15) is 17.1 Å². The normalized spacial score (nSPS) is 11.4. The molecule has 0 radical (unpaired) electrons. The first-order valence-corrected chi connectivity index (χ1v) is 6.04. The smallest absolute Gasteiger partial charge is 0.342 e. The van der Waals surface area contributed by atoms with Crippen molar-refractivity contribution in [2.24, 2.45) is 0 Å². The number of carbonyl (C=O) groups excluding carboxylic acids is 2. The predicted molar refractivity (Wildman–Crippen MR) is 73.1 cm³/mol. The van der Waals surface area contributed by atoms with Gasteiger partial charge in [-0.05, 0) is 19.1 Å². The van der Waals surface area contributed by atoms with Gasteiger partial charge in [0.25, 0.3) is 5.91 Å². The summed E-state index contributed by atoms with van der Waals surface area (Å²) in [6.07, 6.45) is -0.857. The minimum atomic E-state index is -0.857. The second kappa shape index (κ2) is 6.79. The minimum Gasteiger partial charge on any atom is -0.497 e. The number of likely N-dealkylation sites (N-methyl/N-ethyl adjacent to an activating group) is 1. The third-order valence-electron chi connectivity index (χ3n) is 2.70. The molecule has 0 saturated carbocycles. The zero-order chi connectivity index (χ0) is 15.3. The van der Waals surface area contributed by atoms with Crippen LogP contribution in [0.5, 0.6) is 11.5 Å². The average molecular weight is 281 g/mol. The summed E-state index contributed by atoms with van der Waals surface area (Å²) in [6.45, 7) is 1.52. The van der Waals surface area contributed by atoms with Gasteiger partial charge in [0.15, 0.2) is 6.10 Å². The fourth-order valence-electron chi connectivity index (χ4n) is 1.61. The maximum Gasteiger partial charge on any atom is 0.342 e. The summed E-state index contributed by atoms with van der Waals surface area (Å²) in [6, 6.07) is 4.74. The summed E-state index contributed by atoms with van der Waals surface area (Å²) in [5.74, 6) is -0.00676. The van der Waals surface area contributed by atoms with Crippen molar-refractivity contribution in [3.8, 4) is 11.5 Å². The number of amides is 1. The van der Waals surface area contributed by atoms with Crippen LogP contribution in [0.25, 0.3) is 0 Å². The first-order chi connectivity index (χ1) is 9.40. The molecule has 0 bridgehead atoms. The van der Waals surface area contributed by atoms with E-state index >= 15 is 0 Å². The maximum absolute atomic E-state index is 12.0. The van der Waals surface area contributed by atoms with E-state index in [-0.39, 0.29) is 11.5 Å². The molecule has 1 aromatic carbocycles. The lowest BCUT2D eigenvalue weighted by Gasteiger charge is -2.18. The average Bonchev–Trinajstić information content (AvgIpc) is 2.45. The van der Waals surface area contributed by atoms with Crippen LogP contribution < -0.4 is 9.47 Å². The number of ether oxygens (including phenoxy) is 3. The Balaban J connectivity index is 2.90. The number of carbonyl (C=O) groups is 2. The third kappa shape index (κ3) is 3.63. The zero-order valence-corrected chi connectivity index (χ0v) is 12.3. The molecule has 0 fully saturated rings. The second-order valence-electron chi connectivity index (χ2n) is 4.35. The van der Waals surface area contributed by atoms with Gasteiger partial charge in [-0.1, -0.05) is 0 Å². The van der Waals surface area contributed by atoms with Crippen LogP contribution in [0.15, 0.2) is 18.2 Å². The molecule has 110 valence electrons. The van der Waals surface area contributed by atoms with Gasteiger partial charge in [-0.15, -0.1) is 0 Å². The van der Waals surface area contributed by atoms with E-state index in [1.54, 1.807) is 26.2 Å². The Morgan fingerprint density at radius 1 is 1.15 bits per heavy atom. The molecule has 1 aromatic rings. The van der Waals surface area contributed by atoms with E-state index in [0.717, 1.165) is 0 Å². The summed E-state index contributed by atoms with van der Waals surface area (Å²) < 4.78 is 15.3. The second-order valence-corrected chi connectivity index (χ2v) is 4.35. The van der Waals surface area contributed by atoms with Crippen LogP contribution in [0, 0.1) is 0 Å². The van der Waals surface area contributed by atoms with E-state index in [1.807, 2.05) is 0 Å². The molecule has 0 unspecified atom stereocenters. The van der Waals surface area contributed by atoms with E-state index in [0.29, 0.717) is 11.5 Å². The maximum atomic E-state index is 12.0. The monoisotopic (exact) mass is 281 g/mol. The minimum absolute atomic E-state index is 0.242. The van der Waals surface area contributed by atoms with E-state index in [4.69, 9.17) is 14.2 Å². The molecule has 0 aliphatic heterocycles. The number of hydrogen-bond donors (Lipinski definition) is 0. The van der Waals surface area contributed by atoms with Crippen molar-refractivity contribution in [1.82, 2.24) is 4.90 Å². The topological polar surface area (TPSA) is 65.1 Å². The Morgan fingerprint density at radius 2 is 1.80 bits per heavy atom. The molecule has 1 atom stereocenters. The van der Waals surface area contributed by atoms with E-state index < -0.39 is 12.1 Å². The lowest BCUT2D eigenvalue weighted by molar-refractivity contribution is -0.137. The zero-order valence-electron chi connectivity index (χ0n) is 12.3. The highest BCUT2D eigenvalue weighted by Gasteiger charge is 2.22. The van der Waals surface area contributed by atoms with Crippen molar-refractivity contribution in [3.63, 3.8) is 0 Å². The molecule has 0 heterocycles. The Morgan fingerprint density at radius 3 is 2.30 bits per heavy atom. The van der Waals surface area contributed by atoms with Gasteiger partial charge >= 0.3 is 5.97 Å². The van der Waals surface area contributed by atoms with Crippen molar-refractivity contribution in [2.75, 3.05) is 28.3 Å². The first kappa shape index (κ1) is 15.8. The van der Waals surface area contributed by atoms with Crippen LogP contribution in [0.4, 0.5) is 0 Å². The molecule has 1 amide bonds. The lowest BCUT2D eigenvalue weighted by atomic mass is 10.2. The molecule has 0 saturated heterocycles. The molecule has 0 aliphatic carbocycles. The van der Waals surface area contributed by atoms with Gasteiger partial charge in [-0.25, -0.2) is 4.79 Å². The predicted octanol–water partition coefficient (Wildman–Crippen LogP) is 1.34. The van der Waals surface area contributed by atoms with Crippen LogP contribution >= 0.6 is 0 Å². The van der Waals surface area contributed by atoms with Crippen LogP contribution in [-0.2, 0) is 9.53 Å². The summed E-state index contributed by atoms with van der Waals surface area (Å²) in [5, 5.41) is 0. The third-order valence-corrected chi connectivity index (χ3v) is 2.70. The van der Waals surface area contributed by atoms with Gasteiger partial charge in [0.05, 0.1) is 14.2 Å². The lowest BCUT2D eigenvalue weighted by Crippen LogP contribution is -2.34. The summed E-state index contributed by atoms with van der Waals surface area (Å²) in [4.78, 5) is 25.1. The molecule has 6 heteroatoms. The molecule has 1 rings (SSSR count). The quantitative estimate of drug-likeness (QED) is 0.762. The molecular weight excluding hydrogens is 262 g/mol. The number of esters is 1. The molecule has 0 spiro atoms. The number of rotatable bonds is 5. The highest BCUT2D eigenvalue weighted by atomic mass is 16.5. The molecule has 6 nitrogen and oxygen atoms in total. The van der Waals surface area contributed by atoms with Crippen LogP contribution in [-0.4, -0.2) is 51.2 Å². The van der Waals surface area contributed by atoms with E-state index in [2.05, 4.69) is 0 Å². The van der Waals surface area contributed by atoms with Gasteiger partial charge in [0.2, 0.25) is 0 Å². The number of methoxy groups -OCH3 is 2. The largest absolute Gasteiger partial charge is 0.497 e. The van der Waals surface area contributed by atoms with Crippen molar-refractivity contribution in [1.29, 1.82) is 0 Å². The van der Waals surface area contributed by atoms with Crippen LogP contribution in [0.1, 0.15) is 17.3 Å². The molecular formula is C14H19NO5. The fourth-order valence-corrected chi connectivity index (χ4v) is 1.61. The fraction of sp³-hybridized carbons (Fsp3) is 0.429. The van der Waals surface area contributed by atoms with Gasteiger partial charge in [-0.3, -0.25) is 4.79 Å². The van der Waals surface area contributed by atoms with Gasteiger partial charge in [-0.2, -0.15) is 0 Å². The first-order valence-electron chi connectivity index (χ1n) is 6.04. The molecule has 0 aliphatic rings. The van der Waals surface area contributed by atoms with Crippen LogP contribution in [0.2, 0.25) is 0 Å². The molecule has 0 aromatic heterocycles. The Labute approximate surface area is 118 Å². The van der Waals surface area contributed by atoms with Gasteiger partial charge < -0.3 is 19.1 Å². The molecule has 0 N–H and O–H groups in total.